The fourth-order valence-corrected chi connectivity index (χ4v) is 1.65. The summed E-state index contributed by atoms with van der Waals surface area (Å²) < 4.78 is 35.8. The van der Waals surface area contributed by atoms with Crippen molar-refractivity contribution >= 4 is 28.1 Å². The fraction of sp³-hybridized carbons (Fsp3) is 0.300. The summed E-state index contributed by atoms with van der Waals surface area (Å²) in [6.07, 6.45) is 1.67. The van der Waals surface area contributed by atoms with Gasteiger partial charge in [-0.05, 0) is 18.2 Å². The van der Waals surface area contributed by atoms with Crippen LogP contribution in [0.3, 0.4) is 0 Å². The fourth-order valence-electron chi connectivity index (χ4n) is 1.15. The van der Waals surface area contributed by atoms with Gasteiger partial charge in [-0.25, -0.2) is 8.42 Å². The van der Waals surface area contributed by atoms with Gasteiger partial charge < -0.3 is 14.8 Å². The van der Waals surface area contributed by atoms with Crippen molar-refractivity contribution in [2.45, 2.75) is 0 Å². The molecule has 0 aliphatic carbocycles. The molecule has 0 aliphatic rings. The molecule has 0 saturated heterocycles. The first-order valence-electron chi connectivity index (χ1n) is 5.11. The summed E-state index contributed by atoms with van der Waals surface area (Å²) >= 11 is 1.00. The molecular formula is C10H12LiNO6S2. The van der Waals surface area contributed by atoms with Crippen LogP contribution < -0.4 is 29.1 Å². The summed E-state index contributed by atoms with van der Waals surface area (Å²) in [5, 5.41) is 2.32. The van der Waals surface area contributed by atoms with Gasteiger partial charge in [0.2, 0.25) is 0 Å². The Morgan fingerprint density at radius 2 is 2.15 bits per heavy atom. The standard InChI is InChI=1S/C10H13NO6S2.Li/c1-18-17-16-9-4-2-3-8(7-9)10(12)11-5-6-19(13,14)15;/h2-4,7H,5-6H2,1H3,(H,11,12)(H,13,14,15);/q;+1/p-1. The Hall–Kier alpha value is -0.693. The molecule has 1 amide bonds. The van der Waals surface area contributed by atoms with Crippen LogP contribution in [0.5, 0.6) is 5.75 Å². The van der Waals surface area contributed by atoms with Crippen LogP contribution in [0.15, 0.2) is 24.3 Å². The smallest absolute Gasteiger partial charge is 0.748 e. The Balaban J connectivity index is 0.00000361. The van der Waals surface area contributed by atoms with Gasteiger partial charge in [0.25, 0.3) is 5.91 Å². The summed E-state index contributed by atoms with van der Waals surface area (Å²) in [6, 6.07) is 6.12. The monoisotopic (exact) mass is 313 g/mol. The molecule has 0 fully saturated rings. The largest absolute Gasteiger partial charge is 1.00 e. The zero-order valence-electron chi connectivity index (χ0n) is 11.0. The van der Waals surface area contributed by atoms with Crippen LogP contribution in [0.4, 0.5) is 0 Å². The van der Waals surface area contributed by atoms with Gasteiger partial charge in [0.15, 0.2) is 5.75 Å². The molecule has 0 radical (unpaired) electrons. The minimum Gasteiger partial charge on any atom is -0.748 e. The van der Waals surface area contributed by atoms with Gasteiger partial charge >= 0.3 is 18.9 Å². The van der Waals surface area contributed by atoms with E-state index in [-0.39, 0.29) is 31.0 Å². The van der Waals surface area contributed by atoms with E-state index in [2.05, 4.69) is 9.65 Å². The molecule has 0 aromatic heterocycles. The van der Waals surface area contributed by atoms with Crippen molar-refractivity contribution in [3.63, 3.8) is 0 Å². The van der Waals surface area contributed by atoms with Crippen LogP contribution in [0, 0.1) is 0 Å². The van der Waals surface area contributed by atoms with Gasteiger partial charge in [0.1, 0.15) is 0 Å². The molecule has 1 rings (SSSR count). The molecule has 7 nitrogen and oxygen atoms in total. The average molecular weight is 313 g/mol. The average Bonchev–Trinajstić information content (AvgIpc) is 2.35. The Kier molecular flexibility index (Phi) is 8.96. The second-order valence-corrected chi connectivity index (χ2v) is 5.36. The predicted molar refractivity (Wildman–Crippen MR) is 68.6 cm³/mol. The number of rotatable bonds is 7. The third kappa shape index (κ3) is 7.79. The zero-order chi connectivity index (χ0) is 14.3. The Morgan fingerprint density at radius 1 is 1.45 bits per heavy atom. The second kappa shape index (κ2) is 9.28. The topological polar surface area (TPSA) is 105 Å². The molecule has 1 aromatic carbocycles. The van der Waals surface area contributed by atoms with Gasteiger partial charge in [0.05, 0.1) is 15.9 Å². The number of benzene rings is 1. The summed E-state index contributed by atoms with van der Waals surface area (Å²) in [6.45, 7) is -0.239. The van der Waals surface area contributed by atoms with Crippen molar-refractivity contribution in [3.8, 4) is 5.75 Å². The Labute approximate surface area is 133 Å². The van der Waals surface area contributed by atoms with Crippen LogP contribution in [0.25, 0.3) is 0 Å². The van der Waals surface area contributed by atoms with E-state index < -0.39 is 21.8 Å². The molecule has 0 bridgehead atoms. The quantitative estimate of drug-likeness (QED) is 0.196. The van der Waals surface area contributed by atoms with E-state index >= 15 is 0 Å². The van der Waals surface area contributed by atoms with Crippen LogP contribution in [-0.2, 0) is 14.5 Å². The minimum absolute atomic E-state index is 0. The molecule has 0 aliphatic heterocycles. The van der Waals surface area contributed by atoms with Gasteiger partial charge in [-0.15, -0.1) is 4.33 Å². The van der Waals surface area contributed by atoms with Crippen molar-refractivity contribution in [2.24, 2.45) is 0 Å². The number of carbonyl (C=O) groups excluding carboxylic acids is 1. The van der Waals surface area contributed by atoms with Crippen molar-refractivity contribution in [1.82, 2.24) is 5.32 Å². The maximum atomic E-state index is 11.6. The van der Waals surface area contributed by atoms with Crippen LogP contribution in [0.2, 0.25) is 0 Å². The molecule has 1 aromatic rings. The van der Waals surface area contributed by atoms with E-state index in [1.54, 1.807) is 18.4 Å². The summed E-state index contributed by atoms with van der Waals surface area (Å²) in [5.74, 6) is -0.818. The first-order valence-corrected chi connectivity index (χ1v) is 7.84. The maximum Gasteiger partial charge on any atom is 1.00 e. The number of hydrogen-bond donors (Lipinski definition) is 1. The van der Waals surface area contributed by atoms with E-state index in [0.29, 0.717) is 5.75 Å². The van der Waals surface area contributed by atoms with Crippen LogP contribution in [0.1, 0.15) is 10.4 Å². The number of carbonyl (C=O) groups is 1. The van der Waals surface area contributed by atoms with Crippen molar-refractivity contribution < 1.29 is 45.8 Å². The third-order valence-electron chi connectivity index (χ3n) is 1.93. The van der Waals surface area contributed by atoms with Crippen LogP contribution in [-0.4, -0.2) is 37.4 Å². The second-order valence-electron chi connectivity index (χ2n) is 3.36. The number of hydrogen-bond acceptors (Lipinski definition) is 7. The van der Waals surface area contributed by atoms with E-state index in [1.807, 2.05) is 0 Å². The maximum absolute atomic E-state index is 11.6. The molecule has 0 atom stereocenters. The summed E-state index contributed by atoms with van der Waals surface area (Å²) in [7, 11) is -4.33. The van der Waals surface area contributed by atoms with E-state index in [1.165, 1.54) is 12.1 Å². The van der Waals surface area contributed by atoms with Crippen molar-refractivity contribution in [2.75, 3.05) is 18.6 Å². The van der Waals surface area contributed by atoms with Gasteiger partial charge in [0, 0.05) is 30.4 Å². The first-order chi connectivity index (χ1) is 8.92. The van der Waals surface area contributed by atoms with E-state index in [0.717, 1.165) is 12.0 Å². The molecule has 0 saturated carbocycles. The molecule has 1 N–H and O–H groups in total. The van der Waals surface area contributed by atoms with Gasteiger partial charge in [-0.1, -0.05) is 6.07 Å². The van der Waals surface area contributed by atoms with Crippen molar-refractivity contribution in [3.05, 3.63) is 29.8 Å². The molecule has 0 spiro atoms. The van der Waals surface area contributed by atoms with E-state index in [9.17, 15) is 17.8 Å². The Bertz CT molecular complexity index is 536. The first kappa shape index (κ1) is 19.3. The SMILES string of the molecule is CSOOc1cccc(C(=O)NCCS(=O)(=O)[O-])c1.[Li+]. The van der Waals surface area contributed by atoms with Crippen LogP contribution >= 0.6 is 12.0 Å². The number of nitrogens with one attached hydrogen (secondary N) is 1. The zero-order valence-corrected chi connectivity index (χ0v) is 12.6. The summed E-state index contributed by atoms with van der Waals surface area (Å²) in [4.78, 5) is 16.5. The molecular weight excluding hydrogens is 301 g/mol. The molecule has 0 unspecified atom stereocenters. The van der Waals surface area contributed by atoms with Gasteiger partial charge in [-0.3, -0.25) is 4.79 Å². The minimum atomic E-state index is -4.33. The van der Waals surface area contributed by atoms with E-state index in [4.69, 9.17) is 4.89 Å². The Morgan fingerprint density at radius 3 is 2.75 bits per heavy atom. The van der Waals surface area contributed by atoms with Gasteiger partial charge in [-0.2, -0.15) is 0 Å². The molecule has 106 valence electrons. The summed E-state index contributed by atoms with van der Waals surface area (Å²) in [5.41, 5.74) is 0.269. The number of amides is 1. The van der Waals surface area contributed by atoms with Crippen molar-refractivity contribution in [1.29, 1.82) is 0 Å². The third-order valence-corrected chi connectivity index (χ3v) is 2.84. The normalized spacial score (nSPS) is 10.5. The molecule has 20 heavy (non-hydrogen) atoms. The molecule has 0 heterocycles. The predicted octanol–water partition coefficient (Wildman–Crippen LogP) is -2.45. The molecule has 10 heteroatoms.